The van der Waals surface area contributed by atoms with Gasteiger partial charge in [0.1, 0.15) is 11.9 Å². The Kier molecular flexibility index (Phi) is 5.15. The summed E-state index contributed by atoms with van der Waals surface area (Å²) in [5, 5.41) is 2.01. The number of aromatic nitrogens is 2. The average Bonchev–Trinajstić information content (AvgIpc) is 2.33. The molecule has 0 aliphatic rings. The number of carbonyl (C=O) groups excluding carboxylic acids is 1. The second-order valence-corrected chi connectivity index (χ2v) is 4.63. The van der Waals surface area contributed by atoms with Crippen LogP contribution >= 0.6 is 11.6 Å². The van der Waals surface area contributed by atoms with Crippen LogP contribution in [0.25, 0.3) is 0 Å². The standard InChI is InChI=1S/C11H13ClF3N3O2/c1-5(2)8(9(19)20-3)17-7-4-6(11(13,14)15)16-10(12)18-7/h4-5,8H,1-3H3,(H,16,17,18). The SMILES string of the molecule is COC(=O)C(Nc1cc(C(F)(F)F)nc(Cl)n1)C(C)C. The molecule has 1 rings (SSSR count). The van der Waals surface area contributed by atoms with Crippen molar-refractivity contribution in [1.82, 2.24) is 9.97 Å². The summed E-state index contributed by atoms with van der Waals surface area (Å²) in [5.74, 6) is -1.02. The first kappa shape index (κ1) is 16.5. The van der Waals surface area contributed by atoms with Crippen LogP contribution in [-0.2, 0) is 15.7 Å². The Hall–Kier alpha value is -1.57. The molecule has 9 heteroatoms. The van der Waals surface area contributed by atoms with Gasteiger partial charge in [-0.15, -0.1) is 0 Å². The number of alkyl halides is 3. The van der Waals surface area contributed by atoms with Crippen molar-refractivity contribution in [2.24, 2.45) is 5.92 Å². The van der Waals surface area contributed by atoms with Crippen LogP contribution in [0.3, 0.4) is 0 Å². The number of hydrogen-bond donors (Lipinski definition) is 1. The number of nitrogens with zero attached hydrogens (tertiary/aromatic N) is 2. The minimum atomic E-state index is -4.65. The Labute approximate surface area is 118 Å². The maximum absolute atomic E-state index is 12.6. The van der Waals surface area contributed by atoms with Crippen LogP contribution in [0.1, 0.15) is 19.5 Å². The van der Waals surface area contributed by atoms with Gasteiger partial charge in [-0.2, -0.15) is 13.2 Å². The average molecular weight is 312 g/mol. The second-order valence-electron chi connectivity index (χ2n) is 4.29. The molecule has 0 spiro atoms. The van der Waals surface area contributed by atoms with Crippen LogP contribution < -0.4 is 5.32 Å². The number of anilines is 1. The van der Waals surface area contributed by atoms with Crippen molar-refractivity contribution in [2.75, 3.05) is 12.4 Å². The first-order valence-electron chi connectivity index (χ1n) is 5.61. The fourth-order valence-corrected chi connectivity index (χ4v) is 1.60. The van der Waals surface area contributed by atoms with Gasteiger partial charge in [0.2, 0.25) is 5.28 Å². The van der Waals surface area contributed by atoms with Crippen molar-refractivity contribution in [3.05, 3.63) is 17.0 Å². The lowest BCUT2D eigenvalue weighted by Crippen LogP contribution is -2.36. The van der Waals surface area contributed by atoms with Crippen molar-refractivity contribution < 1.29 is 22.7 Å². The zero-order chi connectivity index (χ0) is 15.5. The van der Waals surface area contributed by atoms with Gasteiger partial charge in [0, 0.05) is 6.07 Å². The van der Waals surface area contributed by atoms with Crippen molar-refractivity contribution in [1.29, 1.82) is 0 Å². The lowest BCUT2D eigenvalue weighted by atomic mass is 10.0. The molecule has 1 N–H and O–H groups in total. The van der Waals surface area contributed by atoms with E-state index in [1.165, 1.54) is 7.11 Å². The van der Waals surface area contributed by atoms with E-state index in [1.807, 2.05) is 0 Å². The lowest BCUT2D eigenvalue weighted by molar-refractivity contribution is -0.142. The van der Waals surface area contributed by atoms with E-state index in [1.54, 1.807) is 13.8 Å². The zero-order valence-corrected chi connectivity index (χ0v) is 11.7. The van der Waals surface area contributed by atoms with Gasteiger partial charge in [0.15, 0.2) is 5.69 Å². The lowest BCUT2D eigenvalue weighted by Gasteiger charge is -2.20. The number of methoxy groups -OCH3 is 1. The summed E-state index contributed by atoms with van der Waals surface area (Å²) >= 11 is 5.45. The molecule has 0 amide bonds. The predicted molar refractivity (Wildman–Crippen MR) is 66.3 cm³/mol. The third-order valence-corrected chi connectivity index (χ3v) is 2.58. The van der Waals surface area contributed by atoms with Gasteiger partial charge < -0.3 is 10.1 Å². The zero-order valence-electron chi connectivity index (χ0n) is 11.0. The number of halogens is 4. The predicted octanol–water partition coefficient (Wildman–Crippen LogP) is 2.76. The molecular formula is C11H13ClF3N3O2. The van der Waals surface area contributed by atoms with Gasteiger partial charge >= 0.3 is 12.1 Å². The van der Waals surface area contributed by atoms with Crippen molar-refractivity contribution in [3.8, 4) is 0 Å². The summed E-state index contributed by atoms with van der Waals surface area (Å²) in [6.07, 6.45) is -4.65. The van der Waals surface area contributed by atoms with E-state index in [9.17, 15) is 18.0 Å². The second kappa shape index (κ2) is 6.25. The van der Waals surface area contributed by atoms with Gasteiger partial charge in [0.25, 0.3) is 0 Å². The van der Waals surface area contributed by atoms with Gasteiger partial charge in [-0.05, 0) is 17.5 Å². The number of rotatable bonds is 4. The third-order valence-electron chi connectivity index (χ3n) is 2.41. The molecule has 0 radical (unpaired) electrons. The van der Waals surface area contributed by atoms with Crippen LogP contribution in [0, 0.1) is 5.92 Å². The molecule has 1 atom stereocenters. The number of ether oxygens (including phenoxy) is 1. The van der Waals surface area contributed by atoms with E-state index in [4.69, 9.17) is 11.6 Å². The largest absolute Gasteiger partial charge is 0.467 e. The smallest absolute Gasteiger partial charge is 0.433 e. The Morgan fingerprint density at radius 2 is 2.00 bits per heavy atom. The van der Waals surface area contributed by atoms with Gasteiger partial charge in [-0.1, -0.05) is 13.8 Å². The minimum absolute atomic E-state index is 0.193. The minimum Gasteiger partial charge on any atom is -0.467 e. The van der Waals surface area contributed by atoms with Crippen LogP contribution in [0.5, 0.6) is 0 Å². The van der Waals surface area contributed by atoms with Gasteiger partial charge in [-0.25, -0.2) is 14.8 Å². The van der Waals surface area contributed by atoms with E-state index in [0.29, 0.717) is 6.07 Å². The highest BCUT2D eigenvalue weighted by Gasteiger charge is 2.34. The highest BCUT2D eigenvalue weighted by molar-refractivity contribution is 6.28. The number of carbonyl (C=O) groups is 1. The monoisotopic (exact) mass is 311 g/mol. The Bertz CT molecular complexity index is 494. The van der Waals surface area contributed by atoms with Crippen molar-refractivity contribution >= 4 is 23.4 Å². The quantitative estimate of drug-likeness (QED) is 0.684. The fraction of sp³-hybridized carbons (Fsp3) is 0.545. The fourth-order valence-electron chi connectivity index (χ4n) is 1.42. The summed E-state index contributed by atoms with van der Waals surface area (Å²) in [7, 11) is 1.19. The molecule has 0 fully saturated rings. The highest BCUT2D eigenvalue weighted by Crippen LogP contribution is 2.30. The van der Waals surface area contributed by atoms with Crippen molar-refractivity contribution in [2.45, 2.75) is 26.1 Å². The first-order chi connectivity index (χ1) is 9.15. The highest BCUT2D eigenvalue weighted by atomic mass is 35.5. The first-order valence-corrected chi connectivity index (χ1v) is 5.99. The van der Waals surface area contributed by atoms with Gasteiger partial charge in [0.05, 0.1) is 7.11 Å². The van der Waals surface area contributed by atoms with E-state index in [0.717, 1.165) is 0 Å². The van der Waals surface area contributed by atoms with Crippen molar-refractivity contribution in [3.63, 3.8) is 0 Å². The molecular weight excluding hydrogens is 299 g/mol. The molecule has 5 nitrogen and oxygen atoms in total. The van der Waals surface area contributed by atoms with E-state index in [-0.39, 0.29) is 11.7 Å². The summed E-state index contributed by atoms with van der Waals surface area (Å²) in [6.45, 7) is 3.42. The molecule has 0 saturated carbocycles. The third kappa shape index (κ3) is 4.22. The molecule has 0 aliphatic heterocycles. The Balaban J connectivity index is 3.07. The molecule has 1 aromatic heterocycles. The van der Waals surface area contributed by atoms with E-state index in [2.05, 4.69) is 20.0 Å². The molecule has 0 saturated heterocycles. The molecule has 1 heterocycles. The summed E-state index contributed by atoms with van der Waals surface area (Å²) < 4.78 is 42.4. The molecule has 0 aliphatic carbocycles. The molecule has 1 unspecified atom stereocenters. The summed E-state index contributed by atoms with van der Waals surface area (Å²) in [5.41, 5.74) is -1.19. The van der Waals surface area contributed by atoms with Crippen LogP contribution in [-0.4, -0.2) is 29.1 Å². The number of esters is 1. The molecule has 112 valence electrons. The van der Waals surface area contributed by atoms with Crippen LogP contribution in [0.2, 0.25) is 5.28 Å². The maximum atomic E-state index is 12.6. The van der Waals surface area contributed by atoms with Gasteiger partial charge in [-0.3, -0.25) is 0 Å². The molecule has 0 aromatic carbocycles. The van der Waals surface area contributed by atoms with Crippen LogP contribution in [0.15, 0.2) is 6.07 Å². The Morgan fingerprint density at radius 3 is 2.45 bits per heavy atom. The van der Waals surface area contributed by atoms with E-state index >= 15 is 0 Å². The normalized spacial score (nSPS) is 13.2. The maximum Gasteiger partial charge on any atom is 0.433 e. The van der Waals surface area contributed by atoms with Crippen LogP contribution in [0.4, 0.5) is 19.0 Å². The topological polar surface area (TPSA) is 64.1 Å². The summed E-state index contributed by atoms with van der Waals surface area (Å²) in [6, 6.07) is -0.156. The number of hydrogen-bond acceptors (Lipinski definition) is 5. The number of nitrogens with one attached hydrogen (secondary N) is 1. The molecule has 20 heavy (non-hydrogen) atoms. The molecule has 1 aromatic rings. The summed E-state index contributed by atoms with van der Waals surface area (Å²) in [4.78, 5) is 18.3. The molecule has 0 bridgehead atoms. The Morgan fingerprint density at radius 1 is 1.40 bits per heavy atom. The van der Waals surface area contributed by atoms with E-state index < -0.39 is 29.2 Å².